The summed E-state index contributed by atoms with van der Waals surface area (Å²) >= 11 is 1.86. The molecule has 4 rings (SSSR count). The lowest BCUT2D eigenvalue weighted by molar-refractivity contribution is -0.0757. The maximum absolute atomic E-state index is 6.23. The van der Waals surface area contributed by atoms with Crippen LogP contribution in [0.2, 0.25) is 0 Å². The van der Waals surface area contributed by atoms with Crippen LogP contribution in [0.25, 0.3) is 0 Å². The number of piperidine rings is 1. The second-order valence-corrected chi connectivity index (χ2v) is 6.76. The molecular formula is C16H19N3O2S. The molecule has 0 bridgehead atoms. The summed E-state index contributed by atoms with van der Waals surface area (Å²) in [6.45, 7) is 2.68. The zero-order valence-electron chi connectivity index (χ0n) is 12.6. The van der Waals surface area contributed by atoms with Crippen LogP contribution in [0.5, 0.6) is 5.75 Å². The maximum atomic E-state index is 6.23. The van der Waals surface area contributed by atoms with Crippen LogP contribution in [0, 0.1) is 0 Å². The molecule has 0 radical (unpaired) electrons. The summed E-state index contributed by atoms with van der Waals surface area (Å²) < 4.78 is 11.3. The molecular weight excluding hydrogens is 298 g/mol. The molecule has 116 valence electrons. The number of ether oxygens (including phenoxy) is 2. The number of fused-ring (bicyclic) bond motifs is 2. The smallest absolute Gasteiger partial charge is 0.225 e. The van der Waals surface area contributed by atoms with Crippen molar-refractivity contribution in [2.45, 2.75) is 24.9 Å². The van der Waals surface area contributed by atoms with Crippen LogP contribution in [-0.2, 0) is 16.8 Å². The minimum Gasteiger partial charge on any atom is -0.494 e. The van der Waals surface area contributed by atoms with Crippen LogP contribution >= 0.6 is 11.3 Å². The van der Waals surface area contributed by atoms with Crippen molar-refractivity contribution in [2.24, 2.45) is 0 Å². The van der Waals surface area contributed by atoms with Crippen LogP contribution in [-0.4, -0.2) is 36.8 Å². The number of hydrogen-bond donors (Lipinski definition) is 0. The summed E-state index contributed by atoms with van der Waals surface area (Å²) in [5.41, 5.74) is 1.33. The first-order chi connectivity index (χ1) is 10.8. The predicted octanol–water partition coefficient (Wildman–Crippen LogP) is 2.62. The van der Waals surface area contributed by atoms with Crippen LogP contribution in [0.1, 0.15) is 23.3 Å². The first-order valence-corrected chi connectivity index (χ1v) is 8.50. The van der Waals surface area contributed by atoms with Gasteiger partial charge in [0.05, 0.1) is 31.7 Å². The van der Waals surface area contributed by atoms with Gasteiger partial charge < -0.3 is 14.4 Å². The average molecular weight is 317 g/mol. The van der Waals surface area contributed by atoms with Crippen molar-refractivity contribution in [3.8, 4) is 5.75 Å². The van der Waals surface area contributed by atoms with Gasteiger partial charge in [-0.3, -0.25) is 0 Å². The normalized spacial score (nSPS) is 20.0. The first-order valence-electron chi connectivity index (χ1n) is 7.62. The Balaban J connectivity index is 1.51. The number of aromatic nitrogens is 2. The van der Waals surface area contributed by atoms with E-state index < -0.39 is 0 Å². The van der Waals surface area contributed by atoms with Gasteiger partial charge in [-0.05, 0) is 29.9 Å². The third-order valence-electron chi connectivity index (χ3n) is 4.65. The van der Waals surface area contributed by atoms with Gasteiger partial charge in [0.1, 0.15) is 0 Å². The van der Waals surface area contributed by atoms with E-state index in [-0.39, 0.29) is 5.60 Å². The molecule has 2 aromatic heterocycles. The molecule has 0 atom stereocenters. The quantitative estimate of drug-likeness (QED) is 0.852. The Hall–Kier alpha value is -1.66. The van der Waals surface area contributed by atoms with Crippen molar-refractivity contribution in [2.75, 3.05) is 31.7 Å². The topological polar surface area (TPSA) is 47.5 Å². The molecule has 2 aliphatic heterocycles. The zero-order valence-corrected chi connectivity index (χ0v) is 13.4. The molecule has 0 saturated carbocycles. The van der Waals surface area contributed by atoms with Crippen LogP contribution in [0.4, 0.5) is 5.95 Å². The van der Waals surface area contributed by atoms with Gasteiger partial charge in [0.25, 0.3) is 0 Å². The number of nitrogens with zero attached hydrogens (tertiary/aromatic N) is 3. The highest BCUT2D eigenvalue weighted by Crippen LogP contribution is 2.43. The molecule has 0 aliphatic carbocycles. The number of hydrogen-bond acceptors (Lipinski definition) is 6. The van der Waals surface area contributed by atoms with Crippen molar-refractivity contribution in [3.05, 3.63) is 34.3 Å². The van der Waals surface area contributed by atoms with Crippen molar-refractivity contribution in [1.82, 2.24) is 9.97 Å². The van der Waals surface area contributed by atoms with Gasteiger partial charge in [0.2, 0.25) is 5.95 Å². The predicted molar refractivity (Wildman–Crippen MR) is 85.7 cm³/mol. The van der Waals surface area contributed by atoms with E-state index in [1.165, 1.54) is 10.4 Å². The number of methoxy groups -OCH3 is 1. The lowest BCUT2D eigenvalue weighted by atomic mass is 9.82. The number of anilines is 1. The second kappa shape index (κ2) is 5.52. The van der Waals surface area contributed by atoms with E-state index in [1.54, 1.807) is 19.5 Å². The fourth-order valence-corrected chi connectivity index (χ4v) is 4.37. The molecule has 0 aromatic carbocycles. The SMILES string of the molecule is COc1cnc(N2CCC3(CC2)OCCc2sccc23)nc1. The fourth-order valence-electron chi connectivity index (χ4n) is 3.42. The molecule has 2 aliphatic rings. The van der Waals surface area contributed by atoms with E-state index in [0.29, 0.717) is 5.75 Å². The van der Waals surface area contributed by atoms with Gasteiger partial charge in [0, 0.05) is 24.4 Å². The Labute approximate surface area is 133 Å². The van der Waals surface area contributed by atoms with Gasteiger partial charge in [-0.2, -0.15) is 0 Å². The zero-order chi connectivity index (χ0) is 15.0. The molecule has 6 heteroatoms. The Morgan fingerprint density at radius 3 is 2.77 bits per heavy atom. The van der Waals surface area contributed by atoms with E-state index in [0.717, 1.165) is 44.9 Å². The summed E-state index contributed by atoms with van der Waals surface area (Å²) in [7, 11) is 1.63. The summed E-state index contributed by atoms with van der Waals surface area (Å²) in [5.74, 6) is 1.47. The van der Waals surface area contributed by atoms with E-state index in [9.17, 15) is 0 Å². The van der Waals surface area contributed by atoms with Crippen molar-refractivity contribution in [1.29, 1.82) is 0 Å². The molecule has 5 nitrogen and oxygen atoms in total. The third kappa shape index (κ3) is 2.27. The van der Waals surface area contributed by atoms with Crippen molar-refractivity contribution >= 4 is 17.3 Å². The fraction of sp³-hybridized carbons (Fsp3) is 0.500. The van der Waals surface area contributed by atoms with Crippen LogP contribution in [0.3, 0.4) is 0 Å². The number of thiophene rings is 1. The minimum absolute atomic E-state index is 0.0868. The number of rotatable bonds is 2. The maximum Gasteiger partial charge on any atom is 0.225 e. The lowest BCUT2D eigenvalue weighted by Crippen LogP contribution is -2.46. The van der Waals surface area contributed by atoms with Crippen molar-refractivity contribution < 1.29 is 9.47 Å². The van der Waals surface area contributed by atoms with E-state index in [1.807, 2.05) is 11.3 Å². The molecule has 22 heavy (non-hydrogen) atoms. The average Bonchev–Trinajstić information content (AvgIpc) is 3.06. The molecule has 1 spiro atoms. The molecule has 4 heterocycles. The largest absolute Gasteiger partial charge is 0.494 e. The Kier molecular flexibility index (Phi) is 3.50. The Morgan fingerprint density at radius 1 is 1.27 bits per heavy atom. The molecule has 1 fully saturated rings. The standard InChI is InChI=1S/C16H19N3O2S/c1-20-12-10-17-15(18-11-12)19-6-4-16(5-7-19)13-3-9-22-14(13)2-8-21-16/h3,9-11H,2,4-8H2,1H3. The highest BCUT2D eigenvalue weighted by Gasteiger charge is 2.41. The Bertz CT molecular complexity index is 648. The van der Waals surface area contributed by atoms with Gasteiger partial charge in [-0.15, -0.1) is 11.3 Å². The minimum atomic E-state index is -0.0868. The third-order valence-corrected chi connectivity index (χ3v) is 5.63. The summed E-state index contributed by atoms with van der Waals surface area (Å²) in [6.07, 6.45) is 6.49. The van der Waals surface area contributed by atoms with Gasteiger partial charge in [0.15, 0.2) is 5.75 Å². The van der Waals surface area contributed by atoms with Gasteiger partial charge >= 0.3 is 0 Å². The van der Waals surface area contributed by atoms with Crippen LogP contribution < -0.4 is 9.64 Å². The van der Waals surface area contributed by atoms with Crippen molar-refractivity contribution in [3.63, 3.8) is 0 Å². The van der Waals surface area contributed by atoms with E-state index in [4.69, 9.17) is 9.47 Å². The van der Waals surface area contributed by atoms with Crippen LogP contribution in [0.15, 0.2) is 23.8 Å². The Morgan fingerprint density at radius 2 is 2.05 bits per heavy atom. The second-order valence-electron chi connectivity index (χ2n) is 5.76. The summed E-state index contributed by atoms with van der Waals surface area (Å²) in [4.78, 5) is 12.5. The van der Waals surface area contributed by atoms with E-state index >= 15 is 0 Å². The van der Waals surface area contributed by atoms with Gasteiger partial charge in [-0.25, -0.2) is 9.97 Å². The lowest BCUT2D eigenvalue weighted by Gasteiger charge is -2.44. The molecule has 0 unspecified atom stereocenters. The first kappa shape index (κ1) is 14.0. The van der Waals surface area contributed by atoms with Gasteiger partial charge in [-0.1, -0.05) is 0 Å². The molecule has 0 amide bonds. The monoisotopic (exact) mass is 317 g/mol. The summed E-state index contributed by atoms with van der Waals surface area (Å²) in [6, 6.07) is 2.25. The molecule has 2 aromatic rings. The van der Waals surface area contributed by atoms with E-state index in [2.05, 4.69) is 26.3 Å². The molecule has 0 N–H and O–H groups in total. The summed E-state index contributed by atoms with van der Waals surface area (Å²) in [5, 5.41) is 2.19. The highest BCUT2D eigenvalue weighted by molar-refractivity contribution is 7.10. The highest BCUT2D eigenvalue weighted by atomic mass is 32.1. The molecule has 1 saturated heterocycles.